The molecular formula is C26H31N7S2. The second kappa shape index (κ2) is 10.8. The number of nitrogen functional groups attached to an aromatic ring is 1. The predicted molar refractivity (Wildman–Crippen MR) is 152 cm³/mol. The minimum absolute atomic E-state index is 0.495. The summed E-state index contributed by atoms with van der Waals surface area (Å²) in [6, 6.07) is 16.9. The number of nitrogens with zero attached hydrogens (tertiary/aromatic N) is 4. The SMILES string of the molecule is CCN1CCN(Cc2ccc(Nc3nc(N)c4scc(-c5cccc(NSC)c5)c4n3)cc2)CC1. The molecule has 0 radical (unpaired) electrons. The average molecular weight is 506 g/mol. The van der Waals surface area contributed by atoms with Crippen LogP contribution in [-0.4, -0.2) is 58.7 Å². The summed E-state index contributed by atoms with van der Waals surface area (Å²) < 4.78 is 4.20. The molecule has 0 aliphatic carbocycles. The molecule has 0 bridgehead atoms. The molecule has 1 fully saturated rings. The number of rotatable bonds is 8. The molecule has 0 spiro atoms. The van der Waals surface area contributed by atoms with Crippen LogP contribution in [0.2, 0.25) is 0 Å². The number of nitrogens with two attached hydrogens (primary N) is 1. The first-order chi connectivity index (χ1) is 17.1. The molecule has 0 unspecified atom stereocenters. The van der Waals surface area contributed by atoms with Gasteiger partial charge in [0, 0.05) is 61.3 Å². The Morgan fingerprint density at radius 1 is 1.00 bits per heavy atom. The van der Waals surface area contributed by atoms with Crippen LogP contribution in [0, 0.1) is 0 Å². The van der Waals surface area contributed by atoms with Crippen LogP contribution in [0.5, 0.6) is 0 Å². The van der Waals surface area contributed by atoms with Crippen molar-refractivity contribution in [1.82, 2.24) is 19.8 Å². The third kappa shape index (κ3) is 5.54. The van der Waals surface area contributed by atoms with Crippen molar-refractivity contribution in [3.05, 3.63) is 59.5 Å². The molecule has 35 heavy (non-hydrogen) atoms. The van der Waals surface area contributed by atoms with Crippen LogP contribution in [0.1, 0.15) is 12.5 Å². The topological polar surface area (TPSA) is 82.3 Å². The van der Waals surface area contributed by atoms with E-state index in [1.165, 1.54) is 5.56 Å². The van der Waals surface area contributed by atoms with E-state index in [2.05, 4.69) is 79.6 Å². The highest BCUT2D eigenvalue weighted by Gasteiger charge is 2.16. The summed E-state index contributed by atoms with van der Waals surface area (Å²) in [4.78, 5) is 14.4. The summed E-state index contributed by atoms with van der Waals surface area (Å²) in [5.74, 6) is 1.01. The first-order valence-electron chi connectivity index (χ1n) is 11.9. The summed E-state index contributed by atoms with van der Waals surface area (Å²) in [5.41, 5.74) is 12.7. The van der Waals surface area contributed by atoms with Gasteiger partial charge in [-0.05, 0) is 41.9 Å². The first kappa shape index (κ1) is 23.9. The second-order valence-corrected chi connectivity index (χ2v) is 10.2. The molecule has 3 heterocycles. The Hall–Kier alpha value is -2.85. The van der Waals surface area contributed by atoms with E-state index in [9.17, 15) is 0 Å². The molecule has 182 valence electrons. The third-order valence-corrected chi connectivity index (χ3v) is 7.79. The van der Waals surface area contributed by atoms with Gasteiger partial charge in [0.2, 0.25) is 5.95 Å². The van der Waals surface area contributed by atoms with E-state index in [4.69, 9.17) is 10.7 Å². The Morgan fingerprint density at radius 2 is 1.77 bits per heavy atom. The molecule has 2 aromatic carbocycles. The zero-order valence-corrected chi connectivity index (χ0v) is 21.8. The molecule has 2 aromatic heterocycles. The smallest absolute Gasteiger partial charge is 0.229 e. The van der Waals surface area contributed by atoms with E-state index < -0.39 is 0 Å². The van der Waals surface area contributed by atoms with Crippen LogP contribution < -0.4 is 15.8 Å². The van der Waals surface area contributed by atoms with Crippen LogP contribution in [-0.2, 0) is 6.54 Å². The van der Waals surface area contributed by atoms with Crippen molar-refractivity contribution in [2.24, 2.45) is 0 Å². The van der Waals surface area contributed by atoms with Gasteiger partial charge < -0.3 is 20.7 Å². The van der Waals surface area contributed by atoms with Crippen molar-refractivity contribution < 1.29 is 0 Å². The lowest BCUT2D eigenvalue weighted by atomic mass is 10.1. The molecule has 1 aliphatic rings. The lowest BCUT2D eigenvalue weighted by Gasteiger charge is -2.34. The van der Waals surface area contributed by atoms with E-state index in [-0.39, 0.29) is 0 Å². The average Bonchev–Trinajstić information content (AvgIpc) is 3.31. The van der Waals surface area contributed by atoms with Crippen LogP contribution in [0.4, 0.5) is 23.1 Å². The van der Waals surface area contributed by atoms with E-state index in [1.54, 1.807) is 23.3 Å². The number of anilines is 4. The summed E-state index contributed by atoms with van der Waals surface area (Å²) in [5, 5.41) is 5.45. The number of hydrogen-bond acceptors (Lipinski definition) is 9. The van der Waals surface area contributed by atoms with E-state index in [0.717, 1.165) is 72.0 Å². The molecule has 4 N–H and O–H groups in total. The van der Waals surface area contributed by atoms with Crippen molar-refractivity contribution >= 4 is 56.6 Å². The summed E-state index contributed by atoms with van der Waals surface area (Å²) >= 11 is 3.15. The van der Waals surface area contributed by atoms with Crippen LogP contribution in [0.15, 0.2) is 53.9 Å². The Labute approximate surface area is 214 Å². The van der Waals surface area contributed by atoms with Gasteiger partial charge in [0.15, 0.2) is 0 Å². The largest absolute Gasteiger partial charge is 0.382 e. The molecule has 0 saturated carbocycles. The highest BCUT2D eigenvalue weighted by molar-refractivity contribution is 7.99. The molecule has 5 rings (SSSR count). The second-order valence-electron chi connectivity index (χ2n) is 8.68. The minimum Gasteiger partial charge on any atom is -0.382 e. The molecule has 7 nitrogen and oxygen atoms in total. The number of benzene rings is 2. The normalized spacial score (nSPS) is 14.9. The fourth-order valence-electron chi connectivity index (χ4n) is 4.41. The molecule has 1 saturated heterocycles. The molecule has 0 amide bonds. The number of piperazine rings is 1. The number of aromatic nitrogens is 2. The fraction of sp³-hybridized carbons (Fsp3) is 0.308. The maximum atomic E-state index is 6.32. The van der Waals surface area contributed by atoms with E-state index in [0.29, 0.717) is 11.8 Å². The highest BCUT2D eigenvalue weighted by atomic mass is 32.2. The van der Waals surface area contributed by atoms with Gasteiger partial charge >= 0.3 is 0 Å². The van der Waals surface area contributed by atoms with Crippen LogP contribution in [0.3, 0.4) is 0 Å². The van der Waals surface area contributed by atoms with Gasteiger partial charge in [-0.3, -0.25) is 4.90 Å². The van der Waals surface area contributed by atoms with Crippen molar-refractivity contribution in [2.75, 3.05) is 54.8 Å². The zero-order valence-electron chi connectivity index (χ0n) is 20.1. The standard InChI is InChI=1S/C26H31N7S2/c1-3-32-11-13-33(14-12-32)16-18-7-9-20(10-8-18)28-26-29-23-22(17-35-24(23)25(27)30-26)19-5-4-6-21(15-19)31-34-2/h4-10,15,17,31H,3,11-14,16H2,1-2H3,(H3,27,28,29,30). The lowest BCUT2D eigenvalue weighted by molar-refractivity contribution is 0.132. The van der Waals surface area contributed by atoms with Crippen molar-refractivity contribution in [2.45, 2.75) is 13.5 Å². The van der Waals surface area contributed by atoms with Crippen molar-refractivity contribution in [3.8, 4) is 11.1 Å². The maximum absolute atomic E-state index is 6.32. The van der Waals surface area contributed by atoms with Gasteiger partial charge in [-0.2, -0.15) is 4.98 Å². The van der Waals surface area contributed by atoms with Gasteiger partial charge in [-0.1, -0.05) is 43.1 Å². The van der Waals surface area contributed by atoms with Crippen LogP contribution >= 0.6 is 23.3 Å². The Bertz CT molecular complexity index is 1280. The molecule has 9 heteroatoms. The quantitative estimate of drug-likeness (QED) is 0.270. The lowest BCUT2D eigenvalue weighted by Crippen LogP contribution is -2.45. The summed E-state index contributed by atoms with van der Waals surface area (Å²) in [7, 11) is 0. The van der Waals surface area contributed by atoms with E-state index >= 15 is 0 Å². The molecular weight excluding hydrogens is 474 g/mol. The Kier molecular flexibility index (Phi) is 7.38. The zero-order chi connectivity index (χ0) is 24.2. The van der Waals surface area contributed by atoms with E-state index in [1.807, 2.05) is 12.3 Å². The molecule has 0 atom stereocenters. The van der Waals surface area contributed by atoms with Gasteiger partial charge in [0.25, 0.3) is 0 Å². The molecule has 1 aliphatic heterocycles. The Balaban J connectivity index is 1.32. The third-order valence-electron chi connectivity index (χ3n) is 6.36. The maximum Gasteiger partial charge on any atom is 0.229 e. The number of fused-ring (bicyclic) bond motifs is 1. The van der Waals surface area contributed by atoms with Gasteiger partial charge in [0.05, 0.1) is 10.2 Å². The van der Waals surface area contributed by atoms with Crippen molar-refractivity contribution in [3.63, 3.8) is 0 Å². The fourth-order valence-corrected chi connectivity index (χ4v) is 5.69. The summed E-state index contributed by atoms with van der Waals surface area (Å²) in [6.07, 6.45) is 2.01. The number of hydrogen-bond donors (Lipinski definition) is 3. The number of nitrogens with one attached hydrogen (secondary N) is 2. The minimum atomic E-state index is 0.495. The van der Waals surface area contributed by atoms with Gasteiger partial charge in [-0.15, -0.1) is 11.3 Å². The van der Waals surface area contributed by atoms with Crippen molar-refractivity contribution in [1.29, 1.82) is 0 Å². The monoisotopic (exact) mass is 505 g/mol. The van der Waals surface area contributed by atoms with Gasteiger partial charge in [-0.25, -0.2) is 4.98 Å². The van der Waals surface area contributed by atoms with Gasteiger partial charge in [0.1, 0.15) is 5.82 Å². The first-order valence-corrected chi connectivity index (χ1v) is 14.0. The number of likely N-dealkylation sites (N-methyl/N-ethyl adjacent to an activating group) is 1. The highest BCUT2D eigenvalue weighted by Crippen LogP contribution is 2.37. The molecule has 4 aromatic rings. The predicted octanol–water partition coefficient (Wildman–Crippen LogP) is 5.51. The van der Waals surface area contributed by atoms with Crippen LogP contribution in [0.25, 0.3) is 21.3 Å². The Morgan fingerprint density at radius 3 is 2.51 bits per heavy atom. The summed E-state index contributed by atoms with van der Waals surface area (Å²) in [6.45, 7) is 8.91. The number of thiophene rings is 1.